The van der Waals surface area contributed by atoms with Crippen molar-refractivity contribution >= 4 is 11.9 Å². The number of carboxylic acid groups (broad SMARTS) is 1. The van der Waals surface area contributed by atoms with E-state index >= 15 is 0 Å². The summed E-state index contributed by atoms with van der Waals surface area (Å²) in [7, 11) is 1.73. The molecule has 0 bridgehead atoms. The second-order valence-electron chi connectivity index (χ2n) is 5.03. The van der Waals surface area contributed by atoms with E-state index in [1.165, 1.54) is 0 Å². The van der Waals surface area contributed by atoms with Crippen molar-refractivity contribution in [3.8, 4) is 5.75 Å². The molecule has 6 nitrogen and oxygen atoms in total. The van der Waals surface area contributed by atoms with Crippen LogP contribution in [-0.2, 0) is 9.53 Å². The fourth-order valence-corrected chi connectivity index (χ4v) is 2.26. The molecule has 1 aromatic rings. The minimum atomic E-state index is -1.05. The number of aliphatic carboxylic acids is 1. The van der Waals surface area contributed by atoms with E-state index in [1.807, 2.05) is 0 Å². The first-order valence-electron chi connectivity index (χ1n) is 6.88. The summed E-state index contributed by atoms with van der Waals surface area (Å²) in [6.45, 7) is 0.883. The van der Waals surface area contributed by atoms with Gasteiger partial charge in [-0.15, -0.1) is 0 Å². The number of hydrogen-bond donors (Lipinski definition) is 1. The number of carboxylic acids is 1. The molecular formula is C15H19NO5. The predicted octanol–water partition coefficient (Wildman–Crippen LogP) is 1.40. The molecular weight excluding hydrogens is 274 g/mol. The van der Waals surface area contributed by atoms with Gasteiger partial charge in [0.05, 0.1) is 6.10 Å². The van der Waals surface area contributed by atoms with Gasteiger partial charge in [-0.3, -0.25) is 4.79 Å². The number of hydrogen-bond acceptors (Lipinski definition) is 4. The fourth-order valence-electron chi connectivity index (χ4n) is 2.26. The Morgan fingerprint density at radius 1 is 1.48 bits per heavy atom. The third-order valence-electron chi connectivity index (χ3n) is 3.29. The average Bonchev–Trinajstić information content (AvgIpc) is 2.97. The van der Waals surface area contributed by atoms with Gasteiger partial charge in [-0.25, -0.2) is 4.79 Å². The van der Waals surface area contributed by atoms with Crippen molar-refractivity contribution in [2.24, 2.45) is 0 Å². The van der Waals surface area contributed by atoms with E-state index in [0.29, 0.717) is 17.9 Å². The van der Waals surface area contributed by atoms with Crippen LogP contribution in [0.5, 0.6) is 5.75 Å². The Morgan fingerprint density at radius 3 is 2.95 bits per heavy atom. The fraction of sp³-hybridized carbons (Fsp3) is 0.467. The van der Waals surface area contributed by atoms with Crippen LogP contribution in [0.3, 0.4) is 0 Å². The van der Waals surface area contributed by atoms with Gasteiger partial charge in [0.15, 0.2) is 6.61 Å². The highest BCUT2D eigenvalue weighted by molar-refractivity contribution is 5.94. The number of carbonyl (C=O) groups is 2. The standard InChI is InChI=1S/C15H19NO5/c1-16(9-13-6-3-7-20-13)15(19)11-4-2-5-12(8-11)21-10-14(17)18/h2,4-5,8,13H,3,6-7,9-10H2,1H3,(H,17,18). The first-order valence-corrected chi connectivity index (χ1v) is 6.88. The van der Waals surface area contributed by atoms with Crippen LogP contribution in [0, 0.1) is 0 Å². The van der Waals surface area contributed by atoms with Crippen LogP contribution in [0.4, 0.5) is 0 Å². The van der Waals surface area contributed by atoms with Gasteiger partial charge in [0.1, 0.15) is 5.75 Å². The molecule has 1 aliphatic rings. The first kappa shape index (κ1) is 15.3. The van der Waals surface area contributed by atoms with E-state index in [-0.39, 0.29) is 12.0 Å². The summed E-state index contributed by atoms with van der Waals surface area (Å²) in [4.78, 5) is 24.4. The maximum absolute atomic E-state index is 12.3. The number of likely N-dealkylation sites (N-methyl/N-ethyl adjacent to an activating group) is 1. The van der Waals surface area contributed by atoms with Crippen molar-refractivity contribution in [1.29, 1.82) is 0 Å². The second kappa shape index (κ2) is 7.08. The summed E-state index contributed by atoms with van der Waals surface area (Å²) in [5.41, 5.74) is 0.471. The Balaban J connectivity index is 1.97. The van der Waals surface area contributed by atoms with Gasteiger partial charge in [0, 0.05) is 25.8 Å². The largest absolute Gasteiger partial charge is 0.482 e. The normalized spacial score (nSPS) is 17.5. The number of carbonyl (C=O) groups excluding carboxylic acids is 1. The zero-order valence-corrected chi connectivity index (χ0v) is 11.9. The van der Waals surface area contributed by atoms with Gasteiger partial charge in [-0.1, -0.05) is 6.07 Å². The van der Waals surface area contributed by atoms with E-state index in [9.17, 15) is 9.59 Å². The van der Waals surface area contributed by atoms with Crippen molar-refractivity contribution < 1.29 is 24.2 Å². The maximum atomic E-state index is 12.3. The Hall–Kier alpha value is -2.08. The zero-order valence-electron chi connectivity index (χ0n) is 11.9. The van der Waals surface area contributed by atoms with Crippen LogP contribution < -0.4 is 4.74 Å². The molecule has 6 heteroatoms. The monoisotopic (exact) mass is 293 g/mol. The van der Waals surface area contributed by atoms with E-state index in [0.717, 1.165) is 19.4 Å². The van der Waals surface area contributed by atoms with Crippen molar-refractivity contribution in [2.45, 2.75) is 18.9 Å². The molecule has 0 aliphatic carbocycles. The smallest absolute Gasteiger partial charge is 0.341 e. The highest BCUT2D eigenvalue weighted by Gasteiger charge is 2.21. The molecule has 1 saturated heterocycles. The molecule has 0 radical (unpaired) electrons. The lowest BCUT2D eigenvalue weighted by atomic mass is 10.1. The van der Waals surface area contributed by atoms with E-state index in [1.54, 1.807) is 36.2 Å². The molecule has 114 valence electrons. The molecule has 1 aliphatic heterocycles. The molecule has 2 rings (SSSR count). The minimum Gasteiger partial charge on any atom is -0.482 e. The van der Waals surface area contributed by atoms with Gasteiger partial charge >= 0.3 is 5.97 Å². The van der Waals surface area contributed by atoms with Crippen molar-refractivity contribution in [2.75, 3.05) is 26.8 Å². The van der Waals surface area contributed by atoms with Crippen LogP contribution in [0.25, 0.3) is 0 Å². The number of nitrogens with zero attached hydrogens (tertiary/aromatic N) is 1. The summed E-state index contributed by atoms with van der Waals surface area (Å²) in [6, 6.07) is 6.53. The molecule has 21 heavy (non-hydrogen) atoms. The summed E-state index contributed by atoms with van der Waals surface area (Å²) >= 11 is 0. The van der Waals surface area contributed by atoms with E-state index < -0.39 is 12.6 Å². The molecule has 1 N–H and O–H groups in total. The Kier molecular flexibility index (Phi) is 5.16. The lowest BCUT2D eigenvalue weighted by molar-refractivity contribution is -0.139. The van der Waals surface area contributed by atoms with Gasteiger partial charge in [-0.05, 0) is 31.0 Å². The molecule has 1 heterocycles. The highest BCUT2D eigenvalue weighted by atomic mass is 16.5. The van der Waals surface area contributed by atoms with Crippen molar-refractivity contribution in [3.63, 3.8) is 0 Å². The lowest BCUT2D eigenvalue weighted by Crippen LogP contribution is -2.34. The average molecular weight is 293 g/mol. The molecule has 1 amide bonds. The molecule has 0 saturated carbocycles. The summed E-state index contributed by atoms with van der Waals surface area (Å²) in [5, 5.41) is 8.59. The maximum Gasteiger partial charge on any atom is 0.341 e. The molecule has 1 unspecified atom stereocenters. The summed E-state index contributed by atoms with van der Waals surface area (Å²) in [6.07, 6.45) is 2.11. The third-order valence-corrected chi connectivity index (χ3v) is 3.29. The summed E-state index contributed by atoms with van der Waals surface area (Å²) in [5.74, 6) is -0.817. The van der Waals surface area contributed by atoms with Crippen LogP contribution in [0.1, 0.15) is 23.2 Å². The Morgan fingerprint density at radius 2 is 2.29 bits per heavy atom. The number of benzene rings is 1. The number of ether oxygens (including phenoxy) is 2. The lowest BCUT2D eigenvalue weighted by Gasteiger charge is -2.21. The third kappa shape index (κ3) is 4.46. The van der Waals surface area contributed by atoms with Crippen LogP contribution in [0.2, 0.25) is 0 Å². The SMILES string of the molecule is CN(CC1CCCO1)C(=O)c1cccc(OCC(=O)O)c1. The first-order chi connectivity index (χ1) is 10.1. The molecule has 0 aromatic heterocycles. The second-order valence-corrected chi connectivity index (χ2v) is 5.03. The van der Waals surface area contributed by atoms with Crippen LogP contribution in [0.15, 0.2) is 24.3 Å². The summed E-state index contributed by atoms with van der Waals surface area (Å²) < 4.78 is 10.6. The highest BCUT2D eigenvalue weighted by Crippen LogP contribution is 2.17. The predicted molar refractivity (Wildman–Crippen MR) is 75.5 cm³/mol. The zero-order chi connectivity index (χ0) is 15.2. The van der Waals surface area contributed by atoms with E-state index in [2.05, 4.69) is 0 Å². The van der Waals surface area contributed by atoms with Crippen LogP contribution >= 0.6 is 0 Å². The van der Waals surface area contributed by atoms with E-state index in [4.69, 9.17) is 14.6 Å². The van der Waals surface area contributed by atoms with Gasteiger partial charge in [0.25, 0.3) is 5.91 Å². The quantitative estimate of drug-likeness (QED) is 0.858. The Bertz CT molecular complexity index is 511. The van der Waals surface area contributed by atoms with Gasteiger partial charge in [-0.2, -0.15) is 0 Å². The topological polar surface area (TPSA) is 76.1 Å². The van der Waals surface area contributed by atoms with Gasteiger partial charge < -0.3 is 19.5 Å². The van der Waals surface area contributed by atoms with Crippen LogP contribution in [-0.4, -0.2) is 54.8 Å². The minimum absolute atomic E-state index is 0.102. The van der Waals surface area contributed by atoms with Crippen molar-refractivity contribution in [3.05, 3.63) is 29.8 Å². The number of amides is 1. The van der Waals surface area contributed by atoms with Gasteiger partial charge in [0.2, 0.25) is 0 Å². The van der Waals surface area contributed by atoms with Crippen molar-refractivity contribution in [1.82, 2.24) is 4.90 Å². The number of rotatable bonds is 6. The molecule has 0 spiro atoms. The Labute approximate surface area is 123 Å². The molecule has 1 fully saturated rings. The molecule has 1 aromatic carbocycles. The molecule has 1 atom stereocenters.